The van der Waals surface area contributed by atoms with Gasteiger partial charge in [0.15, 0.2) is 0 Å². The highest BCUT2D eigenvalue weighted by atomic mass is 35.5. The summed E-state index contributed by atoms with van der Waals surface area (Å²) in [6, 6.07) is 8.50. The molecule has 31 heavy (non-hydrogen) atoms. The zero-order chi connectivity index (χ0) is 22.9. The van der Waals surface area contributed by atoms with E-state index in [0.717, 1.165) is 12.1 Å². The van der Waals surface area contributed by atoms with Crippen molar-refractivity contribution in [1.29, 1.82) is 0 Å². The van der Waals surface area contributed by atoms with E-state index in [1.165, 1.54) is 48.0 Å². The molecule has 0 saturated heterocycles. The Bertz CT molecular complexity index is 1240. The number of carbonyl (C=O) groups excluding carboxylic acids is 2. The second-order valence-corrected chi connectivity index (χ2v) is 7.28. The standard InChI is InChI=1S/C21H17ClF3N3O3/c1-11(18(26)29)28-8-7-13-14(3-2-4-15(13)20(28)31)19(30)27-10-12-5-6-17(22)16(9-12)21(23,24)25/h2-9,11H,10H2,1H3,(H2,26,29)(H,27,30)/t11-/m0/s1. The van der Waals surface area contributed by atoms with Gasteiger partial charge in [0.05, 0.1) is 10.6 Å². The van der Waals surface area contributed by atoms with Crippen molar-refractivity contribution in [3.05, 3.63) is 80.7 Å². The molecule has 2 amide bonds. The molecule has 3 rings (SSSR count). The summed E-state index contributed by atoms with van der Waals surface area (Å²) in [5.41, 5.74) is 4.15. The Morgan fingerprint density at radius 1 is 1.16 bits per heavy atom. The van der Waals surface area contributed by atoms with Crippen LogP contribution in [0.15, 0.2) is 53.5 Å². The molecule has 0 bridgehead atoms. The Morgan fingerprint density at radius 3 is 2.52 bits per heavy atom. The first-order valence-electron chi connectivity index (χ1n) is 9.07. The highest BCUT2D eigenvalue weighted by molar-refractivity contribution is 6.31. The van der Waals surface area contributed by atoms with Gasteiger partial charge in [0.25, 0.3) is 11.5 Å². The van der Waals surface area contributed by atoms with Crippen LogP contribution in [0.25, 0.3) is 10.8 Å². The van der Waals surface area contributed by atoms with E-state index < -0.39 is 40.2 Å². The van der Waals surface area contributed by atoms with Crippen molar-refractivity contribution in [2.45, 2.75) is 25.7 Å². The van der Waals surface area contributed by atoms with Crippen LogP contribution in [0.1, 0.15) is 34.5 Å². The molecule has 0 radical (unpaired) electrons. The maximum absolute atomic E-state index is 13.0. The summed E-state index contributed by atoms with van der Waals surface area (Å²) in [6.45, 7) is 1.30. The van der Waals surface area contributed by atoms with E-state index in [-0.39, 0.29) is 23.1 Å². The van der Waals surface area contributed by atoms with Crippen molar-refractivity contribution in [3.63, 3.8) is 0 Å². The predicted molar refractivity (Wildman–Crippen MR) is 110 cm³/mol. The van der Waals surface area contributed by atoms with Gasteiger partial charge < -0.3 is 15.6 Å². The maximum Gasteiger partial charge on any atom is 0.417 e. The third-order valence-electron chi connectivity index (χ3n) is 4.84. The van der Waals surface area contributed by atoms with E-state index in [1.54, 1.807) is 0 Å². The molecule has 0 aliphatic rings. The Hall–Kier alpha value is -3.33. The van der Waals surface area contributed by atoms with E-state index in [2.05, 4.69) is 5.32 Å². The monoisotopic (exact) mass is 451 g/mol. The lowest BCUT2D eigenvalue weighted by Crippen LogP contribution is -2.32. The lowest BCUT2D eigenvalue weighted by atomic mass is 10.0. The van der Waals surface area contributed by atoms with Gasteiger partial charge in [-0.3, -0.25) is 14.4 Å². The average molecular weight is 452 g/mol. The number of primary amides is 1. The highest BCUT2D eigenvalue weighted by Crippen LogP contribution is 2.35. The molecule has 2 aromatic carbocycles. The van der Waals surface area contributed by atoms with Crippen molar-refractivity contribution >= 4 is 34.2 Å². The summed E-state index contributed by atoms with van der Waals surface area (Å²) in [6.07, 6.45) is -3.25. The molecule has 0 aliphatic carbocycles. The quantitative estimate of drug-likeness (QED) is 0.620. The van der Waals surface area contributed by atoms with Gasteiger partial charge in [0.1, 0.15) is 6.04 Å². The minimum Gasteiger partial charge on any atom is -0.368 e. The topological polar surface area (TPSA) is 94.2 Å². The first-order chi connectivity index (χ1) is 14.5. The first-order valence-corrected chi connectivity index (χ1v) is 9.45. The molecule has 3 N–H and O–H groups in total. The Labute approximate surface area is 179 Å². The van der Waals surface area contributed by atoms with Crippen LogP contribution in [-0.2, 0) is 17.5 Å². The largest absolute Gasteiger partial charge is 0.417 e. The maximum atomic E-state index is 13.0. The second-order valence-electron chi connectivity index (χ2n) is 6.87. The van der Waals surface area contributed by atoms with Gasteiger partial charge in [0, 0.05) is 29.1 Å². The van der Waals surface area contributed by atoms with E-state index in [1.807, 2.05) is 0 Å². The van der Waals surface area contributed by atoms with Crippen LogP contribution < -0.4 is 16.6 Å². The van der Waals surface area contributed by atoms with Gasteiger partial charge in [-0.1, -0.05) is 23.7 Å². The molecule has 6 nitrogen and oxygen atoms in total. The van der Waals surface area contributed by atoms with Gasteiger partial charge in [-0.25, -0.2) is 0 Å². The molecule has 0 saturated carbocycles. The van der Waals surface area contributed by atoms with Crippen LogP contribution in [0.3, 0.4) is 0 Å². The Balaban J connectivity index is 1.89. The number of nitrogens with two attached hydrogens (primary N) is 1. The molecular formula is C21H17ClF3N3O3. The summed E-state index contributed by atoms with van der Waals surface area (Å²) < 4.78 is 40.2. The molecule has 0 spiro atoms. The summed E-state index contributed by atoms with van der Waals surface area (Å²) in [4.78, 5) is 36.8. The fourth-order valence-electron chi connectivity index (χ4n) is 3.11. The van der Waals surface area contributed by atoms with Crippen molar-refractivity contribution < 1.29 is 22.8 Å². The number of amides is 2. The number of pyridine rings is 1. The second kappa shape index (κ2) is 8.43. The van der Waals surface area contributed by atoms with Gasteiger partial charge in [0.2, 0.25) is 5.91 Å². The smallest absolute Gasteiger partial charge is 0.368 e. The van der Waals surface area contributed by atoms with Crippen LogP contribution in [0.4, 0.5) is 13.2 Å². The number of nitrogens with zero attached hydrogens (tertiary/aromatic N) is 1. The third kappa shape index (κ3) is 4.56. The summed E-state index contributed by atoms with van der Waals surface area (Å²) in [7, 11) is 0. The SMILES string of the molecule is C[C@@H](C(N)=O)n1ccc2c(C(=O)NCc3ccc(Cl)c(C(F)(F)F)c3)cccc2c1=O. The molecule has 0 unspecified atom stereocenters. The van der Waals surface area contributed by atoms with Gasteiger partial charge in [-0.2, -0.15) is 13.2 Å². The minimum atomic E-state index is -4.62. The number of fused-ring (bicyclic) bond motifs is 1. The number of halogens is 4. The molecule has 3 aromatic rings. The normalized spacial score (nSPS) is 12.5. The third-order valence-corrected chi connectivity index (χ3v) is 5.17. The lowest BCUT2D eigenvalue weighted by molar-refractivity contribution is -0.137. The van der Waals surface area contributed by atoms with Gasteiger partial charge in [-0.15, -0.1) is 0 Å². The van der Waals surface area contributed by atoms with Crippen LogP contribution in [0, 0.1) is 0 Å². The van der Waals surface area contributed by atoms with Crippen molar-refractivity contribution in [1.82, 2.24) is 9.88 Å². The average Bonchev–Trinajstić information content (AvgIpc) is 2.71. The van der Waals surface area contributed by atoms with E-state index >= 15 is 0 Å². The fraction of sp³-hybridized carbons (Fsp3) is 0.190. The molecular weight excluding hydrogens is 435 g/mol. The van der Waals surface area contributed by atoms with E-state index in [0.29, 0.717) is 5.39 Å². The molecule has 162 valence electrons. The minimum absolute atomic E-state index is 0.165. The molecule has 1 heterocycles. The van der Waals surface area contributed by atoms with E-state index in [9.17, 15) is 27.6 Å². The summed E-state index contributed by atoms with van der Waals surface area (Å²) in [5.74, 6) is -1.26. The zero-order valence-electron chi connectivity index (χ0n) is 16.2. The number of carbonyl (C=O) groups is 2. The van der Waals surface area contributed by atoms with Gasteiger partial charge in [-0.05, 0) is 42.8 Å². The van der Waals surface area contributed by atoms with E-state index in [4.69, 9.17) is 17.3 Å². The van der Waals surface area contributed by atoms with Crippen molar-refractivity contribution in [2.24, 2.45) is 5.73 Å². The summed E-state index contributed by atoms with van der Waals surface area (Å²) >= 11 is 5.61. The Morgan fingerprint density at radius 2 is 1.87 bits per heavy atom. The summed E-state index contributed by atoms with van der Waals surface area (Å²) in [5, 5.41) is 2.66. The first kappa shape index (κ1) is 22.4. The molecule has 0 aliphatic heterocycles. The Kier molecular flexibility index (Phi) is 6.08. The lowest BCUT2D eigenvalue weighted by Gasteiger charge is -2.14. The number of aromatic nitrogens is 1. The number of nitrogens with one attached hydrogen (secondary N) is 1. The zero-order valence-corrected chi connectivity index (χ0v) is 16.9. The predicted octanol–water partition coefficient (Wildman–Crippen LogP) is 3.65. The number of alkyl halides is 3. The fourth-order valence-corrected chi connectivity index (χ4v) is 3.33. The number of benzene rings is 2. The van der Waals surface area contributed by atoms with Crippen molar-refractivity contribution in [2.75, 3.05) is 0 Å². The van der Waals surface area contributed by atoms with Gasteiger partial charge >= 0.3 is 6.18 Å². The molecule has 1 aromatic heterocycles. The van der Waals surface area contributed by atoms with Crippen LogP contribution in [-0.4, -0.2) is 16.4 Å². The highest BCUT2D eigenvalue weighted by Gasteiger charge is 2.33. The number of rotatable bonds is 5. The van der Waals surface area contributed by atoms with Crippen molar-refractivity contribution in [3.8, 4) is 0 Å². The molecule has 0 fully saturated rings. The van der Waals surface area contributed by atoms with Crippen LogP contribution in [0.2, 0.25) is 5.02 Å². The number of hydrogen-bond donors (Lipinski definition) is 2. The number of hydrogen-bond acceptors (Lipinski definition) is 3. The van der Waals surface area contributed by atoms with Crippen LogP contribution >= 0.6 is 11.6 Å². The molecule has 1 atom stereocenters. The molecule has 10 heteroatoms. The van der Waals surface area contributed by atoms with Crippen LogP contribution in [0.5, 0.6) is 0 Å².